The van der Waals surface area contributed by atoms with E-state index >= 15 is 0 Å². The molecule has 0 radical (unpaired) electrons. The number of phenolic OH excluding ortho intramolecular Hbond substituents is 1. The molecule has 0 aromatic heterocycles. The van der Waals surface area contributed by atoms with Crippen LogP contribution in [0, 0.1) is 10.1 Å². The number of carbonyl (C=O) groups excluding carboxylic acids is 1. The minimum Gasteiger partial charge on any atom is -0.499 e. The summed E-state index contributed by atoms with van der Waals surface area (Å²) in [6.07, 6.45) is 0.447. The summed E-state index contributed by atoms with van der Waals surface area (Å²) in [7, 11) is 1.21. The Labute approximate surface area is 78.9 Å². The Morgan fingerprint density at radius 1 is 1.57 bits per heavy atom. The molecular weight excluding hydrogens is 190 g/mol. The third kappa shape index (κ3) is 1.49. The lowest BCUT2D eigenvalue weighted by atomic mass is 10.2. The highest BCUT2D eigenvalue weighted by molar-refractivity contribution is 5.83. The molecule has 0 aliphatic heterocycles. The van der Waals surface area contributed by atoms with Crippen molar-refractivity contribution in [3.05, 3.63) is 27.8 Å². The Morgan fingerprint density at radius 2 is 2.21 bits per heavy atom. The number of rotatable bonds is 3. The van der Waals surface area contributed by atoms with Gasteiger partial charge in [-0.3, -0.25) is 14.9 Å². The number of aldehydes is 1. The van der Waals surface area contributed by atoms with Crippen LogP contribution in [-0.4, -0.2) is 23.4 Å². The number of hydrogen-bond acceptors (Lipinski definition) is 5. The first-order chi connectivity index (χ1) is 6.61. The number of hydrogen-bond donors (Lipinski definition) is 1. The van der Waals surface area contributed by atoms with Crippen molar-refractivity contribution in [2.45, 2.75) is 0 Å². The third-order valence-electron chi connectivity index (χ3n) is 1.67. The summed E-state index contributed by atoms with van der Waals surface area (Å²) in [6.45, 7) is 0. The lowest BCUT2D eigenvalue weighted by Crippen LogP contribution is -1.95. The van der Waals surface area contributed by atoms with E-state index in [1.165, 1.54) is 13.2 Å². The monoisotopic (exact) mass is 197 g/mol. The number of ether oxygens (including phenoxy) is 1. The molecule has 1 aromatic carbocycles. The molecule has 0 spiro atoms. The van der Waals surface area contributed by atoms with Crippen LogP contribution in [0.1, 0.15) is 10.4 Å². The van der Waals surface area contributed by atoms with Gasteiger partial charge in [0.2, 0.25) is 5.75 Å². The van der Waals surface area contributed by atoms with Crippen LogP contribution >= 0.6 is 0 Å². The van der Waals surface area contributed by atoms with Crippen LogP contribution < -0.4 is 4.74 Å². The maximum atomic E-state index is 10.5. The predicted octanol–water partition coefficient (Wildman–Crippen LogP) is 1.12. The minimum atomic E-state index is -0.758. The van der Waals surface area contributed by atoms with E-state index < -0.39 is 16.4 Å². The summed E-state index contributed by atoms with van der Waals surface area (Å²) >= 11 is 0. The molecule has 0 unspecified atom stereocenters. The first-order valence-corrected chi connectivity index (χ1v) is 3.61. The van der Waals surface area contributed by atoms with E-state index in [1.54, 1.807) is 0 Å². The molecule has 6 nitrogen and oxygen atoms in total. The fourth-order valence-corrected chi connectivity index (χ4v) is 1.03. The third-order valence-corrected chi connectivity index (χ3v) is 1.67. The van der Waals surface area contributed by atoms with Gasteiger partial charge in [-0.2, -0.15) is 0 Å². The maximum Gasteiger partial charge on any atom is 0.314 e. The Bertz CT molecular complexity index is 388. The molecule has 0 bridgehead atoms. The molecule has 6 heteroatoms. The zero-order valence-corrected chi connectivity index (χ0v) is 7.26. The normalized spacial score (nSPS) is 9.50. The minimum absolute atomic E-state index is 0.0654. The van der Waals surface area contributed by atoms with Gasteiger partial charge in [-0.1, -0.05) is 0 Å². The molecule has 0 amide bonds. The molecule has 74 valence electrons. The second kappa shape index (κ2) is 3.73. The van der Waals surface area contributed by atoms with Crippen molar-refractivity contribution >= 4 is 12.0 Å². The summed E-state index contributed by atoms with van der Waals surface area (Å²) in [5, 5.41) is 19.7. The molecule has 0 atom stereocenters. The fourth-order valence-electron chi connectivity index (χ4n) is 1.03. The molecule has 1 rings (SSSR count). The summed E-state index contributed by atoms with van der Waals surface area (Å²) in [5.74, 6) is -0.823. The van der Waals surface area contributed by atoms with Gasteiger partial charge in [0.15, 0.2) is 12.0 Å². The second-order valence-corrected chi connectivity index (χ2v) is 2.43. The molecule has 0 heterocycles. The van der Waals surface area contributed by atoms with Gasteiger partial charge in [-0.25, -0.2) is 0 Å². The van der Waals surface area contributed by atoms with Gasteiger partial charge in [0.1, 0.15) is 0 Å². The quantitative estimate of drug-likeness (QED) is 0.445. The zero-order valence-electron chi connectivity index (χ0n) is 7.26. The molecule has 1 aromatic rings. The molecule has 1 N–H and O–H groups in total. The standard InChI is InChI=1S/C8H7NO5/c1-14-8-5(4-10)2-3-6(7(8)11)9(12)13/h2-4,11H,1H3. The van der Waals surface area contributed by atoms with Crippen LogP contribution in [0.5, 0.6) is 11.5 Å². The highest BCUT2D eigenvalue weighted by Crippen LogP contribution is 2.37. The zero-order chi connectivity index (χ0) is 10.7. The first kappa shape index (κ1) is 9.97. The average molecular weight is 197 g/mol. The number of aromatic hydroxyl groups is 1. The van der Waals surface area contributed by atoms with Crippen molar-refractivity contribution in [2.75, 3.05) is 7.11 Å². The smallest absolute Gasteiger partial charge is 0.314 e. The van der Waals surface area contributed by atoms with Crippen LogP contribution in [0.3, 0.4) is 0 Å². The summed E-state index contributed by atoms with van der Waals surface area (Å²) in [4.78, 5) is 20.1. The van der Waals surface area contributed by atoms with Gasteiger partial charge < -0.3 is 9.84 Å². The number of phenols is 1. The summed E-state index contributed by atoms with van der Waals surface area (Å²) in [6, 6.07) is 2.26. The SMILES string of the molecule is COc1c(C=O)ccc([N+](=O)[O-])c1O. The van der Waals surface area contributed by atoms with Crippen molar-refractivity contribution < 1.29 is 19.6 Å². The molecule has 0 fully saturated rings. The van der Waals surface area contributed by atoms with Gasteiger partial charge in [-0.15, -0.1) is 0 Å². The van der Waals surface area contributed by atoms with E-state index in [4.69, 9.17) is 0 Å². The van der Waals surface area contributed by atoms with E-state index in [2.05, 4.69) is 4.74 Å². The van der Waals surface area contributed by atoms with Crippen molar-refractivity contribution in [1.82, 2.24) is 0 Å². The largest absolute Gasteiger partial charge is 0.499 e. The second-order valence-electron chi connectivity index (χ2n) is 2.43. The molecular formula is C8H7NO5. The maximum absolute atomic E-state index is 10.5. The van der Waals surface area contributed by atoms with Crippen molar-refractivity contribution in [1.29, 1.82) is 0 Å². The van der Waals surface area contributed by atoms with Crippen molar-refractivity contribution in [3.8, 4) is 11.5 Å². The Hall–Kier alpha value is -2.11. The van der Waals surface area contributed by atoms with E-state index in [9.17, 15) is 20.0 Å². The number of methoxy groups -OCH3 is 1. The van der Waals surface area contributed by atoms with Crippen molar-refractivity contribution in [3.63, 3.8) is 0 Å². The van der Waals surface area contributed by atoms with Gasteiger partial charge in [0, 0.05) is 6.07 Å². The highest BCUT2D eigenvalue weighted by Gasteiger charge is 2.20. The van der Waals surface area contributed by atoms with E-state index in [0.717, 1.165) is 6.07 Å². The lowest BCUT2D eigenvalue weighted by Gasteiger charge is -2.05. The Morgan fingerprint density at radius 3 is 2.64 bits per heavy atom. The van der Waals surface area contributed by atoms with Gasteiger partial charge in [0.25, 0.3) is 0 Å². The van der Waals surface area contributed by atoms with Gasteiger partial charge >= 0.3 is 5.69 Å². The van der Waals surface area contributed by atoms with Crippen LogP contribution in [0.2, 0.25) is 0 Å². The summed E-state index contributed by atoms with van der Waals surface area (Å²) < 4.78 is 4.67. The fraction of sp³-hybridized carbons (Fsp3) is 0.125. The van der Waals surface area contributed by atoms with Crippen molar-refractivity contribution in [2.24, 2.45) is 0 Å². The summed E-state index contributed by atoms with van der Waals surface area (Å²) in [5.41, 5.74) is -0.428. The lowest BCUT2D eigenvalue weighted by molar-refractivity contribution is -0.385. The van der Waals surface area contributed by atoms with E-state index in [0.29, 0.717) is 6.29 Å². The van der Waals surface area contributed by atoms with E-state index in [1.807, 2.05) is 0 Å². The van der Waals surface area contributed by atoms with Gasteiger partial charge in [-0.05, 0) is 6.07 Å². The van der Waals surface area contributed by atoms with Crippen LogP contribution in [-0.2, 0) is 0 Å². The molecule has 0 saturated carbocycles. The molecule has 0 aliphatic rings. The van der Waals surface area contributed by atoms with Crippen LogP contribution in [0.4, 0.5) is 5.69 Å². The number of nitrogens with zero attached hydrogens (tertiary/aromatic N) is 1. The number of benzene rings is 1. The van der Waals surface area contributed by atoms with Crippen LogP contribution in [0.25, 0.3) is 0 Å². The molecule has 0 saturated heterocycles. The predicted molar refractivity (Wildman–Crippen MR) is 46.7 cm³/mol. The number of carbonyl (C=O) groups is 1. The first-order valence-electron chi connectivity index (χ1n) is 3.61. The Kier molecular flexibility index (Phi) is 2.66. The average Bonchev–Trinajstić information content (AvgIpc) is 2.16. The number of nitro groups is 1. The van der Waals surface area contributed by atoms with Crippen LogP contribution in [0.15, 0.2) is 12.1 Å². The topological polar surface area (TPSA) is 89.7 Å². The molecule has 0 aliphatic carbocycles. The highest BCUT2D eigenvalue weighted by atomic mass is 16.6. The molecule has 14 heavy (non-hydrogen) atoms. The van der Waals surface area contributed by atoms with Gasteiger partial charge in [0.05, 0.1) is 17.6 Å². The number of nitro benzene ring substituents is 1. The van der Waals surface area contributed by atoms with E-state index in [-0.39, 0.29) is 11.3 Å². The Balaban J connectivity index is 3.42.